The number of carbonyl (C=O) groups excluding carboxylic acids is 1. The average molecular weight is 341 g/mol. The van der Waals surface area contributed by atoms with Crippen LogP contribution in [0.5, 0.6) is 0 Å². The molecule has 6 heteroatoms. The molecule has 1 aromatic carbocycles. The Hall–Kier alpha value is -2.47. The lowest BCUT2D eigenvalue weighted by Crippen LogP contribution is -2.42. The number of rotatable bonds is 8. The number of nitrogens with one attached hydrogen (secondary N) is 2. The monoisotopic (exact) mass is 341 g/mol. The van der Waals surface area contributed by atoms with E-state index in [1.54, 1.807) is 12.3 Å². The maximum Gasteiger partial charge on any atom is 0.251 e. The lowest BCUT2D eigenvalue weighted by Gasteiger charge is -2.30. The highest BCUT2D eigenvalue weighted by Gasteiger charge is 2.13. The van der Waals surface area contributed by atoms with Gasteiger partial charge in [0.15, 0.2) is 0 Å². The van der Waals surface area contributed by atoms with Gasteiger partial charge in [-0.25, -0.2) is 9.97 Å². The maximum atomic E-state index is 12.4. The van der Waals surface area contributed by atoms with Crippen molar-refractivity contribution < 1.29 is 4.79 Å². The van der Waals surface area contributed by atoms with Crippen molar-refractivity contribution in [3.05, 3.63) is 48.4 Å². The van der Waals surface area contributed by atoms with Gasteiger partial charge >= 0.3 is 0 Å². The summed E-state index contributed by atoms with van der Waals surface area (Å²) in [5.41, 5.74) is 1.44. The van der Waals surface area contributed by atoms with Crippen LogP contribution in [-0.4, -0.2) is 45.9 Å². The van der Waals surface area contributed by atoms with Gasteiger partial charge in [0.1, 0.15) is 12.1 Å². The van der Waals surface area contributed by atoms with Gasteiger partial charge in [-0.05, 0) is 52.0 Å². The zero-order valence-corrected chi connectivity index (χ0v) is 15.4. The van der Waals surface area contributed by atoms with Gasteiger partial charge in [0.2, 0.25) is 0 Å². The van der Waals surface area contributed by atoms with E-state index in [4.69, 9.17) is 0 Å². The third-order valence-electron chi connectivity index (χ3n) is 3.96. The molecule has 0 unspecified atom stereocenters. The fourth-order valence-corrected chi connectivity index (χ4v) is 2.76. The molecule has 0 atom stereocenters. The molecule has 0 aliphatic heterocycles. The molecule has 1 amide bonds. The molecule has 0 spiro atoms. The van der Waals surface area contributed by atoms with Gasteiger partial charge in [0.25, 0.3) is 5.91 Å². The van der Waals surface area contributed by atoms with E-state index < -0.39 is 0 Å². The van der Waals surface area contributed by atoms with E-state index in [9.17, 15) is 4.79 Å². The van der Waals surface area contributed by atoms with Crippen LogP contribution in [0.15, 0.2) is 42.9 Å². The number of aromatic nitrogens is 2. The SMILES string of the molecule is CC(C)N(CCNC(=O)c1cccc(Nc2ccncn2)c1)C(C)C. The molecular weight excluding hydrogens is 314 g/mol. The van der Waals surface area contributed by atoms with Crippen molar-refractivity contribution in [1.82, 2.24) is 20.2 Å². The normalized spacial score (nSPS) is 11.2. The minimum Gasteiger partial charge on any atom is -0.351 e. The molecule has 6 nitrogen and oxygen atoms in total. The summed E-state index contributed by atoms with van der Waals surface area (Å²) < 4.78 is 0. The van der Waals surface area contributed by atoms with Crippen LogP contribution in [0.1, 0.15) is 38.1 Å². The third-order valence-corrected chi connectivity index (χ3v) is 3.96. The molecule has 0 saturated heterocycles. The van der Waals surface area contributed by atoms with E-state index in [0.717, 1.165) is 12.2 Å². The zero-order chi connectivity index (χ0) is 18.2. The number of nitrogens with zero attached hydrogens (tertiary/aromatic N) is 3. The van der Waals surface area contributed by atoms with E-state index in [2.05, 4.69) is 53.2 Å². The molecule has 0 fully saturated rings. The highest BCUT2D eigenvalue weighted by atomic mass is 16.1. The van der Waals surface area contributed by atoms with E-state index in [-0.39, 0.29) is 5.91 Å². The number of carbonyl (C=O) groups is 1. The second-order valence-electron chi connectivity index (χ2n) is 6.48. The van der Waals surface area contributed by atoms with Crippen molar-refractivity contribution in [2.75, 3.05) is 18.4 Å². The number of benzene rings is 1. The van der Waals surface area contributed by atoms with Crippen molar-refractivity contribution in [2.45, 2.75) is 39.8 Å². The van der Waals surface area contributed by atoms with E-state index in [0.29, 0.717) is 30.0 Å². The van der Waals surface area contributed by atoms with Gasteiger partial charge in [-0.1, -0.05) is 6.07 Å². The average Bonchev–Trinajstić information content (AvgIpc) is 2.59. The Morgan fingerprint density at radius 3 is 2.56 bits per heavy atom. The smallest absolute Gasteiger partial charge is 0.251 e. The topological polar surface area (TPSA) is 70.2 Å². The van der Waals surface area contributed by atoms with Crippen LogP contribution in [-0.2, 0) is 0 Å². The fourth-order valence-electron chi connectivity index (χ4n) is 2.76. The molecule has 0 aliphatic carbocycles. The number of hydrogen-bond acceptors (Lipinski definition) is 5. The second-order valence-corrected chi connectivity index (χ2v) is 6.48. The summed E-state index contributed by atoms with van der Waals surface area (Å²) in [5, 5.41) is 6.16. The van der Waals surface area contributed by atoms with Gasteiger partial charge < -0.3 is 10.6 Å². The predicted octanol–water partition coefficient (Wildman–Crippen LogP) is 3.07. The molecule has 2 N–H and O–H groups in total. The van der Waals surface area contributed by atoms with Gasteiger partial charge in [0, 0.05) is 42.6 Å². The van der Waals surface area contributed by atoms with Crippen molar-refractivity contribution >= 4 is 17.4 Å². The van der Waals surface area contributed by atoms with Gasteiger partial charge in [0.05, 0.1) is 0 Å². The van der Waals surface area contributed by atoms with Crippen LogP contribution in [0, 0.1) is 0 Å². The van der Waals surface area contributed by atoms with Crippen LogP contribution in [0.2, 0.25) is 0 Å². The predicted molar refractivity (Wildman–Crippen MR) is 101 cm³/mol. The first-order chi connectivity index (χ1) is 12.0. The highest BCUT2D eigenvalue weighted by Crippen LogP contribution is 2.15. The Morgan fingerprint density at radius 2 is 1.92 bits per heavy atom. The summed E-state index contributed by atoms with van der Waals surface area (Å²) in [6, 6.07) is 10.1. The Morgan fingerprint density at radius 1 is 1.16 bits per heavy atom. The molecule has 2 aromatic rings. The summed E-state index contributed by atoms with van der Waals surface area (Å²) in [6.07, 6.45) is 3.15. The summed E-state index contributed by atoms with van der Waals surface area (Å²) in [4.78, 5) is 22.8. The van der Waals surface area contributed by atoms with Crippen molar-refractivity contribution in [3.8, 4) is 0 Å². The molecule has 1 heterocycles. The standard InChI is InChI=1S/C19H27N5O/c1-14(2)24(15(3)4)11-10-21-19(25)16-6-5-7-17(12-16)23-18-8-9-20-13-22-18/h5-9,12-15H,10-11H2,1-4H3,(H,21,25)(H,20,22,23). The molecule has 134 valence electrons. The highest BCUT2D eigenvalue weighted by molar-refractivity contribution is 5.95. The Bertz CT molecular complexity index is 665. The van der Waals surface area contributed by atoms with Crippen LogP contribution >= 0.6 is 0 Å². The van der Waals surface area contributed by atoms with Crippen LogP contribution in [0.25, 0.3) is 0 Å². The molecule has 0 aliphatic rings. The van der Waals surface area contributed by atoms with Crippen LogP contribution in [0.4, 0.5) is 11.5 Å². The molecule has 1 aromatic heterocycles. The van der Waals surface area contributed by atoms with E-state index >= 15 is 0 Å². The number of anilines is 2. The molecule has 0 bridgehead atoms. The molecular formula is C19H27N5O. The number of hydrogen-bond donors (Lipinski definition) is 2. The molecule has 2 rings (SSSR count). The quantitative estimate of drug-likeness (QED) is 0.772. The van der Waals surface area contributed by atoms with Crippen LogP contribution < -0.4 is 10.6 Å². The lowest BCUT2D eigenvalue weighted by molar-refractivity contribution is 0.0939. The minimum absolute atomic E-state index is 0.0706. The van der Waals surface area contributed by atoms with Crippen molar-refractivity contribution in [3.63, 3.8) is 0 Å². The summed E-state index contributed by atoms with van der Waals surface area (Å²) in [7, 11) is 0. The lowest BCUT2D eigenvalue weighted by atomic mass is 10.2. The number of amides is 1. The summed E-state index contributed by atoms with van der Waals surface area (Å²) in [5.74, 6) is 0.621. The Kier molecular flexibility index (Phi) is 6.89. The van der Waals surface area contributed by atoms with Crippen molar-refractivity contribution in [1.29, 1.82) is 0 Å². The maximum absolute atomic E-state index is 12.4. The zero-order valence-electron chi connectivity index (χ0n) is 15.4. The summed E-state index contributed by atoms with van der Waals surface area (Å²) in [6.45, 7) is 10.1. The first-order valence-electron chi connectivity index (χ1n) is 8.64. The molecule has 25 heavy (non-hydrogen) atoms. The first kappa shape index (κ1) is 18.9. The molecule has 0 saturated carbocycles. The second kappa shape index (κ2) is 9.13. The van der Waals surface area contributed by atoms with Crippen LogP contribution in [0.3, 0.4) is 0 Å². The van der Waals surface area contributed by atoms with Gasteiger partial charge in [-0.2, -0.15) is 0 Å². The fraction of sp³-hybridized carbons (Fsp3) is 0.421. The first-order valence-corrected chi connectivity index (χ1v) is 8.64. The largest absolute Gasteiger partial charge is 0.351 e. The summed E-state index contributed by atoms with van der Waals surface area (Å²) >= 11 is 0. The van der Waals surface area contributed by atoms with Crippen molar-refractivity contribution in [2.24, 2.45) is 0 Å². The van der Waals surface area contributed by atoms with E-state index in [1.807, 2.05) is 24.3 Å². The van der Waals surface area contributed by atoms with Gasteiger partial charge in [-0.3, -0.25) is 9.69 Å². The minimum atomic E-state index is -0.0706. The Labute approximate surface area is 149 Å². The third kappa shape index (κ3) is 5.83. The molecule has 0 radical (unpaired) electrons. The Balaban J connectivity index is 1.92. The van der Waals surface area contributed by atoms with E-state index in [1.165, 1.54) is 6.33 Å². The van der Waals surface area contributed by atoms with Gasteiger partial charge in [-0.15, -0.1) is 0 Å².